The van der Waals surface area contributed by atoms with Crippen LogP contribution in [0.1, 0.15) is 25.7 Å². The van der Waals surface area contributed by atoms with Crippen LogP contribution in [0.4, 0.5) is 0 Å². The van der Waals surface area contributed by atoms with Gasteiger partial charge in [0.1, 0.15) is 6.29 Å². The van der Waals surface area contributed by atoms with Crippen molar-refractivity contribution in [3.8, 4) is 0 Å². The predicted octanol–water partition coefficient (Wildman–Crippen LogP) is 1.98. The van der Waals surface area contributed by atoms with Gasteiger partial charge < -0.3 is 4.79 Å². The fourth-order valence-corrected chi connectivity index (χ4v) is 1.47. The lowest BCUT2D eigenvalue weighted by Crippen LogP contribution is -2.14. The standard InChI is InChI=1S/C7H11ClO/c8-7-3-1-6(5-9)2-4-7/h5-7H,1-4H2/t6-,7+. The van der Waals surface area contributed by atoms with Crippen LogP contribution in [-0.2, 0) is 4.79 Å². The van der Waals surface area contributed by atoms with Crippen molar-refractivity contribution in [3.63, 3.8) is 0 Å². The molecule has 0 spiro atoms. The summed E-state index contributed by atoms with van der Waals surface area (Å²) in [5.74, 6) is 0.306. The van der Waals surface area contributed by atoms with Crippen molar-refractivity contribution in [3.05, 3.63) is 0 Å². The van der Waals surface area contributed by atoms with Crippen molar-refractivity contribution in [1.29, 1.82) is 0 Å². The number of hydrogen-bond acceptors (Lipinski definition) is 1. The Morgan fingerprint density at radius 1 is 1.22 bits per heavy atom. The lowest BCUT2D eigenvalue weighted by molar-refractivity contribution is -0.111. The Kier molecular flexibility index (Phi) is 2.52. The minimum atomic E-state index is 0.306. The highest BCUT2D eigenvalue weighted by atomic mass is 35.5. The Bertz CT molecular complexity index is 95.1. The second-order valence-corrected chi connectivity index (χ2v) is 3.27. The number of carbonyl (C=O) groups is 1. The molecule has 9 heavy (non-hydrogen) atoms. The summed E-state index contributed by atoms with van der Waals surface area (Å²) < 4.78 is 0. The molecule has 0 bridgehead atoms. The number of alkyl halides is 1. The van der Waals surface area contributed by atoms with Crippen LogP contribution in [0.2, 0.25) is 0 Å². The van der Waals surface area contributed by atoms with Crippen LogP contribution in [0.3, 0.4) is 0 Å². The summed E-state index contributed by atoms with van der Waals surface area (Å²) in [6.07, 6.45) is 5.09. The van der Waals surface area contributed by atoms with E-state index in [2.05, 4.69) is 0 Å². The van der Waals surface area contributed by atoms with Gasteiger partial charge in [0.2, 0.25) is 0 Å². The smallest absolute Gasteiger partial charge is 0.123 e. The molecule has 0 amide bonds. The minimum absolute atomic E-state index is 0.306. The van der Waals surface area contributed by atoms with E-state index in [-0.39, 0.29) is 0 Å². The molecule has 0 N–H and O–H groups in total. The van der Waals surface area contributed by atoms with Crippen molar-refractivity contribution in [1.82, 2.24) is 0 Å². The lowest BCUT2D eigenvalue weighted by Gasteiger charge is -2.19. The summed E-state index contributed by atoms with van der Waals surface area (Å²) in [6.45, 7) is 0. The average molecular weight is 147 g/mol. The molecule has 1 rings (SSSR count). The first kappa shape index (κ1) is 7.07. The van der Waals surface area contributed by atoms with Gasteiger partial charge in [0.05, 0.1) is 0 Å². The first-order valence-electron chi connectivity index (χ1n) is 3.42. The molecule has 0 aromatic rings. The van der Waals surface area contributed by atoms with Crippen molar-refractivity contribution in [2.75, 3.05) is 0 Å². The Morgan fingerprint density at radius 2 is 1.78 bits per heavy atom. The first-order chi connectivity index (χ1) is 4.33. The fourth-order valence-electron chi connectivity index (χ4n) is 1.21. The van der Waals surface area contributed by atoms with Crippen molar-refractivity contribution >= 4 is 17.9 Å². The molecule has 0 radical (unpaired) electrons. The third-order valence-electron chi connectivity index (χ3n) is 1.89. The maximum Gasteiger partial charge on any atom is 0.123 e. The van der Waals surface area contributed by atoms with Gasteiger partial charge in [-0.25, -0.2) is 0 Å². The largest absolute Gasteiger partial charge is 0.303 e. The van der Waals surface area contributed by atoms with Gasteiger partial charge in [-0.2, -0.15) is 0 Å². The summed E-state index contributed by atoms with van der Waals surface area (Å²) in [7, 11) is 0. The molecule has 0 unspecified atom stereocenters. The van der Waals surface area contributed by atoms with E-state index >= 15 is 0 Å². The predicted molar refractivity (Wildman–Crippen MR) is 37.7 cm³/mol. The van der Waals surface area contributed by atoms with Crippen LogP contribution in [0.15, 0.2) is 0 Å². The van der Waals surface area contributed by atoms with Crippen LogP contribution in [0.25, 0.3) is 0 Å². The molecule has 0 aliphatic heterocycles. The topological polar surface area (TPSA) is 17.1 Å². The van der Waals surface area contributed by atoms with Crippen molar-refractivity contribution in [2.45, 2.75) is 31.1 Å². The van der Waals surface area contributed by atoms with Gasteiger partial charge in [0, 0.05) is 11.3 Å². The highest BCUT2D eigenvalue weighted by Gasteiger charge is 2.17. The van der Waals surface area contributed by atoms with E-state index in [0.29, 0.717) is 11.3 Å². The number of aldehydes is 1. The molecule has 0 heterocycles. The summed E-state index contributed by atoms with van der Waals surface area (Å²) in [5, 5.41) is 0.334. The maximum absolute atomic E-state index is 10.2. The van der Waals surface area contributed by atoms with E-state index in [1.807, 2.05) is 0 Å². The molecule has 52 valence electrons. The number of carbonyl (C=O) groups excluding carboxylic acids is 1. The van der Waals surface area contributed by atoms with Crippen LogP contribution < -0.4 is 0 Å². The zero-order chi connectivity index (χ0) is 6.69. The Hall–Kier alpha value is -0.0400. The van der Waals surface area contributed by atoms with Crippen LogP contribution in [0, 0.1) is 5.92 Å². The summed E-state index contributed by atoms with van der Waals surface area (Å²) >= 11 is 5.82. The van der Waals surface area contributed by atoms with Crippen molar-refractivity contribution < 1.29 is 4.79 Å². The molecule has 0 aromatic carbocycles. The van der Waals surface area contributed by atoms with Crippen molar-refractivity contribution in [2.24, 2.45) is 5.92 Å². The van der Waals surface area contributed by atoms with Crippen LogP contribution in [-0.4, -0.2) is 11.7 Å². The van der Waals surface area contributed by atoms with E-state index in [9.17, 15) is 4.79 Å². The van der Waals surface area contributed by atoms with Crippen LogP contribution in [0.5, 0.6) is 0 Å². The molecule has 0 atom stereocenters. The Labute approximate surface area is 60.4 Å². The Morgan fingerprint density at radius 3 is 2.22 bits per heavy atom. The molecular formula is C7H11ClO. The monoisotopic (exact) mass is 146 g/mol. The number of rotatable bonds is 1. The van der Waals surface area contributed by atoms with Gasteiger partial charge in [-0.1, -0.05) is 0 Å². The highest BCUT2D eigenvalue weighted by Crippen LogP contribution is 2.25. The van der Waals surface area contributed by atoms with Gasteiger partial charge in [-0.05, 0) is 25.7 Å². The fraction of sp³-hybridized carbons (Fsp3) is 0.857. The van der Waals surface area contributed by atoms with E-state index in [1.165, 1.54) is 0 Å². The summed E-state index contributed by atoms with van der Waals surface area (Å²) in [4.78, 5) is 10.2. The molecule has 0 aromatic heterocycles. The van der Waals surface area contributed by atoms with E-state index < -0.39 is 0 Å². The van der Waals surface area contributed by atoms with E-state index in [0.717, 1.165) is 32.0 Å². The second kappa shape index (κ2) is 3.21. The third-order valence-corrected chi connectivity index (χ3v) is 2.33. The summed E-state index contributed by atoms with van der Waals surface area (Å²) in [6, 6.07) is 0. The Balaban J connectivity index is 2.26. The maximum atomic E-state index is 10.2. The molecule has 0 saturated heterocycles. The molecule has 1 aliphatic rings. The normalized spacial score (nSPS) is 36.1. The quantitative estimate of drug-likeness (QED) is 0.409. The molecular weight excluding hydrogens is 136 g/mol. The van der Waals surface area contributed by atoms with E-state index in [4.69, 9.17) is 11.6 Å². The zero-order valence-corrected chi connectivity index (χ0v) is 6.10. The van der Waals surface area contributed by atoms with Gasteiger partial charge in [0.15, 0.2) is 0 Å². The number of halogens is 1. The minimum Gasteiger partial charge on any atom is -0.303 e. The second-order valence-electron chi connectivity index (χ2n) is 2.65. The zero-order valence-electron chi connectivity index (χ0n) is 5.35. The molecule has 1 saturated carbocycles. The van der Waals surface area contributed by atoms with Gasteiger partial charge >= 0.3 is 0 Å². The molecule has 1 fully saturated rings. The molecule has 1 nitrogen and oxygen atoms in total. The van der Waals surface area contributed by atoms with Gasteiger partial charge in [-0.3, -0.25) is 0 Å². The SMILES string of the molecule is O=C[C@H]1CC[C@@H](Cl)CC1. The average Bonchev–Trinajstić information content (AvgIpc) is 1.90. The third kappa shape index (κ3) is 1.98. The molecule has 1 aliphatic carbocycles. The summed E-state index contributed by atoms with van der Waals surface area (Å²) in [5.41, 5.74) is 0. The lowest BCUT2D eigenvalue weighted by atomic mass is 9.90. The van der Waals surface area contributed by atoms with Gasteiger partial charge in [0.25, 0.3) is 0 Å². The first-order valence-corrected chi connectivity index (χ1v) is 3.86. The van der Waals surface area contributed by atoms with Crippen LogP contribution >= 0.6 is 11.6 Å². The highest BCUT2D eigenvalue weighted by molar-refractivity contribution is 6.20. The van der Waals surface area contributed by atoms with Gasteiger partial charge in [-0.15, -0.1) is 11.6 Å². The molecule has 2 heteroatoms. The van der Waals surface area contributed by atoms with E-state index in [1.54, 1.807) is 0 Å². The number of hydrogen-bond donors (Lipinski definition) is 0.